The summed E-state index contributed by atoms with van der Waals surface area (Å²) in [6.45, 7) is 0.233. The van der Waals surface area contributed by atoms with Gasteiger partial charge in [-0.1, -0.05) is 0 Å². The summed E-state index contributed by atoms with van der Waals surface area (Å²) in [6, 6.07) is 7.08. The number of ether oxygens (including phenoxy) is 1. The van der Waals surface area contributed by atoms with Gasteiger partial charge < -0.3 is 4.74 Å². The summed E-state index contributed by atoms with van der Waals surface area (Å²) >= 11 is 0. The van der Waals surface area contributed by atoms with Crippen molar-refractivity contribution >= 4 is 11.8 Å². The van der Waals surface area contributed by atoms with Crippen LogP contribution in [0.1, 0.15) is 11.1 Å². The SMILES string of the molecule is N#Cc1ccc2c(c1)COC(=O)N2. The van der Waals surface area contributed by atoms with Gasteiger partial charge in [0.25, 0.3) is 0 Å². The van der Waals surface area contributed by atoms with Gasteiger partial charge in [0, 0.05) is 5.56 Å². The van der Waals surface area contributed by atoms with Crippen molar-refractivity contribution in [3.05, 3.63) is 29.3 Å². The Balaban J connectivity index is 2.43. The average molecular weight is 174 g/mol. The lowest BCUT2D eigenvalue weighted by atomic mass is 10.1. The third kappa shape index (κ3) is 1.32. The number of nitrogens with zero attached hydrogens (tertiary/aromatic N) is 1. The number of anilines is 1. The van der Waals surface area contributed by atoms with Crippen LogP contribution in [-0.2, 0) is 11.3 Å². The lowest BCUT2D eigenvalue weighted by Gasteiger charge is -2.16. The van der Waals surface area contributed by atoms with Gasteiger partial charge in [-0.05, 0) is 18.2 Å². The lowest BCUT2D eigenvalue weighted by Crippen LogP contribution is -2.20. The summed E-state index contributed by atoms with van der Waals surface area (Å²) in [6.07, 6.45) is -0.447. The summed E-state index contributed by atoms with van der Waals surface area (Å²) in [5, 5.41) is 11.2. The number of cyclic esters (lactones) is 1. The Bertz CT molecular complexity index is 407. The predicted molar refractivity (Wildman–Crippen MR) is 45.0 cm³/mol. The Morgan fingerprint density at radius 3 is 3.15 bits per heavy atom. The zero-order valence-corrected chi connectivity index (χ0v) is 6.70. The maximum atomic E-state index is 10.8. The molecule has 4 nitrogen and oxygen atoms in total. The number of hydrogen-bond donors (Lipinski definition) is 1. The molecular formula is C9H6N2O2. The molecule has 0 radical (unpaired) electrons. The van der Waals surface area contributed by atoms with Crippen LogP contribution in [0.25, 0.3) is 0 Å². The molecule has 0 unspecified atom stereocenters. The van der Waals surface area contributed by atoms with Crippen LogP contribution in [-0.4, -0.2) is 6.09 Å². The molecule has 0 fully saturated rings. The van der Waals surface area contributed by atoms with Gasteiger partial charge in [0.15, 0.2) is 0 Å². The monoisotopic (exact) mass is 174 g/mol. The standard InChI is InChI=1S/C9H6N2O2/c10-4-6-1-2-8-7(3-6)5-13-9(12)11-8/h1-3H,5H2,(H,11,12). The number of rotatable bonds is 0. The fourth-order valence-electron chi connectivity index (χ4n) is 1.19. The third-order valence-electron chi connectivity index (χ3n) is 1.83. The largest absolute Gasteiger partial charge is 0.444 e. The second-order valence-corrected chi connectivity index (χ2v) is 2.68. The highest BCUT2D eigenvalue weighted by Gasteiger charge is 2.15. The van der Waals surface area contributed by atoms with Gasteiger partial charge >= 0.3 is 6.09 Å². The number of nitrogens with one attached hydrogen (secondary N) is 1. The molecule has 4 heteroatoms. The number of carbonyl (C=O) groups excluding carboxylic acids is 1. The minimum absolute atomic E-state index is 0.233. The summed E-state index contributed by atoms with van der Waals surface area (Å²) in [5.74, 6) is 0. The molecular weight excluding hydrogens is 168 g/mol. The molecule has 0 aliphatic carbocycles. The first kappa shape index (κ1) is 7.62. The van der Waals surface area contributed by atoms with Gasteiger partial charge in [0.2, 0.25) is 0 Å². The van der Waals surface area contributed by atoms with E-state index in [0.29, 0.717) is 5.56 Å². The van der Waals surface area contributed by atoms with E-state index in [4.69, 9.17) is 10.00 Å². The highest BCUT2D eigenvalue weighted by Crippen LogP contribution is 2.22. The van der Waals surface area contributed by atoms with Gasteiger partial charge in [-0.25, -0.2) is 4.79 Å². The van der Waals surface area contributed by atoms with Crippen molar-refractivity contribution in [2.45, 2.75) is 6.61 Å². The van der Waals surface area contributed by atoms with Crippen LogP contribution in [0.4, 0.5) is 10.5 Å². The second kappa shape index (κ2) is 2.79. The molecule has 0 aromatic heterocycles. The molecule has 2 rings (SSSR count). The van der Waals surface area contributed by atoms with Crippen LogP contribution < -0.4 is 5.32 Å². The summed E-state index contributed by atoms with van der Waals surface area (Å²) in [7, 11) is 0. The smallest absolute Gasteiger partial charge is 0.411 e. The van der Waals surface area contributed by atoms with Crippen LogP contribution >= 0.6 is 0 Å². The van der Waals surface area contributed by atoms with Crippen LogP contribution in [0.15, 0.2) is 18.2 Å². The topological polar surface area (TPSA) is 62.1 Å². The summed E-state index contributed by atoms with van der Waals surface area (Å²) in [4.78, 5) is 10.8. The summed E-state index contributed by atoms with van der Waals surface area (Å²) < 4.78 is 4.74. The molecule has 0 saturated heterocycles. The zero-order valence-electron chi connectivity index (χ0n) is 6.70. The van der Waals surface area contributed by atoms with Crippen LogP contribution in [0.3, 0.4) is 0 Å². The van der Waals surface area contributed by atoms with E-state index < -0.39 is 6.09 Å². The molecule has 0 atom stereocenters. The van der Waals surface area contributed by atoms with Crippen molar-refractivity contribution in [3.8, 4) is 6.07 Å². The molecule has 1 amide bonds. The fourth-order valence-corrected chi connectivity index (χ4v) is 1.19. The molecule has 1 N–H and O–H groups in total. The van der Waals surface area contributed by atoms with E-state index in [1.807, 2.05) is 6.07 Å². The Morgan fingerprint density at radius 2 is 2.38 bits per heavy atom. The minimum atomic E-state index is -0.447. The number of carbonyl (C=O) groups is 1. The first-order valence-corrected chi connectivity index (χ1v) is 3.76. The maximum absolute atomic E-state index is 10.8. The number of benzene rings is 1. The fraction of sp³-hybridized carbons (Fsp3) is 0.111. The quantitative estimate of drug-likeness (QED) is 0.650. The molecule has 0 spiro atoms. The lowest BCUT2D eigenvalue weighted by molar-refractivity contribution is 0.151. The first-order chi connectivity index (χ1) is 6.29. The third-order valence-corrected chi connectivity index (χ3v) is 1.83. The first-order valence-electron chi connectivity index (χ1n) is 3.76. The van der Waals surface area contributed by atoms with Crippen molar-refractivity contribution in [1.82, 2.24) is 0 Å². The van der Waals surface area contributed by atoms with Crippen LogP contribution in [0.5, 0.6) is 0 Å². The van der Waals surface area contributed by atoms with Crippen molar-refractivity contribution < 1.29 is 9.53 Å². The number of hydrogen-bond acceptors (Lipinski definition) is 3. The molecule has 1 heterocycles. The maximum Gasteiger partial charge on any atom is 0.411 e. The Labute approximate surface area is 74.7 Å². The molecule has 1 aliphatic rings. The Kier molecular flexibility index (Phi) is 1.64. The van der Waals surface area contributed by atoms with Gasteiger partial charge in [-0.15, -0.1) is 0 Å². The van der Waals surface area contributed by atoms with Gasteiger partial charge in [0.05, 0.1) is 17.3 Å². The van der Waals surface area contributed by atoms with Crippen LogP contribution in [0.2, 0.25) is 0 Å². The molecule has 1 aliphatic heterocycles. The van der Waals surface area contributed by atoms with Gasteiger partial charge in [-0.3, -0.25) is 5.32 Å². The molecule has 1 aromatic rings. The highest BCUT2D eigenvalue weighted by atomic mass is 16.5. The zero-order chi connectivity index (χ0) is 9.26. The summed E-state index contributed by atoms with van der Waals surface area (Å²) in [5.41, 5.74) is 2.12. The predicted octanol–water partition coefficient (Wildman–Crippen LogP) is 1.62. The number of nitriles is 1. The van der Waals surface area contributed by atoms with Crippen molar-refractivity contribution in [3.63, 3.8) is 0 Å². The second-order valence-electron chi connectivity index (χ2n) is 2.68. The van der Waals surface area contributed by atoms with Crippen molar-refractivity contribution in [2.24, 2.45) is 0 Å². The van der Waals surface area contributed by atoms with Crippen molar-refractivity contribution in [1.29, 1.82) is 5.26 Å². The number of fused-ring (bicyclic) bond motifs is 1. The normalized spacial score (nSPS) is 13.6. The Hall–Kier alpha value is -2.02. The number of amides is 1. The van der Waals surface area contributed by atoms with Crippen molar-refractivity contribution in [2.75, 3.05) is 5.32 Å². The molecule has 13 heavy (non-hydrogen) atoms. The Morgan fingerprint density at radius 1 is 1.54 bits per heavy atom. The van der Waals surface area contributed by atoms with Gasteiger partial charge in [0.1, 0.15) is 6.61 Å². The average Bonchev–Trinajstić information content (AvgIpc) is 2.17. The van der Waals surface area contributed by atoms with E-state index in [0.717, 1.165) is 11.3 Å². The van der Waals surface area contributed by atoms with E-state index in [1.54, 1.807) is 18.2 Å². The molecule has 0 saturated carbocycles. The molecule has 0 bridgehead atoms. The molecule has 1 aromatic carbocycles. The minimum Gasteiger partial charge on any atom is -0.444 e. The van der Waals surface area contributed by atoms with E-state index >= 15 is 0 Å². The van der Waals surface area contributed by atoms with Crippen LogP contribution in [0, 0.1) is 11.3 Å². The molecule has 64 valence electrons. The van der Waals surface area contributed by atoms with E-state index in [2.05, 4.69) is 5.32 Å². The van der Waals surface area contributed by atoms with Gasteiger partial charge in [-0.2, -0.15) is 5.26 Å². The van der Waals surface area contributed by atoms with E-state index in [9.17, 15) is 4.79 Å². The van der Waals surface area contributed by atoms with E-state index in [-0.39, 0.29) is 6.61 Å². The highest BCUT2D eigenvalue weighted by molar-refractivity contribution is 5.87. The van der Waals surface area contributed by atoms with E-state index in [1.165, 1.54) is 0 Å².